The maximum atomic E-state index is 13.5. The van der Waals surface area contributed by atoms with Crippen LogP contribution in [0.2, 0.25) is 10.0 Å². The quantitative estimate of drug-likeness (QED) is 0.216. The van der Waals surface area contributed by atoms with Gasteiger partial charge in [-0.25, -0.2) is 8.42 Å². The van der Waals surface area contributed by atoms with Gasteiger partial charge < -0.3 is 5.32 Å². The molecule has 1 aliphatic rings. The van der Waals surface area contributed by atoms with E-state index < -0.39 is 10.0 Å². The topological polar surface area (TPSA) is 97.2 Å². The maximum absolute atomic E-state index is 13.5. The van der Waals surface area contributed by atoms with E-state index in [1.54, 1.807) is 30.3 Å². The number of sulfonamides is 1. The first-order chi connectivity index (χ1) is 19.6. The van der Waals surface area contributed by atoms with Gasteiger partial charge >= 0.3 is 0 Å². The second-order valence-electron chi connectivity index (χ2n) is 9.88. The third kappa shape index (κ3) is 6.62. The predicted molar refractivity (Wildman–Crippen MR) is 165 cm³/mol. The first-order valence-electron chi connectivity index (χ1n) is 13.1. The molecule has 1 aliphatic heterocycles. The largest absolute Gasteiger partial charge is 0.324 e. The normalized spacial score (nSPS) is 14.2. The van der Waals surface area contributed by atoms with Crippen molar-refractivity contribution in [3.05, 3.63) is 81.8 Å². The molecule has 0 radical (unpaired) electrons. The number of rotatable bonds is 8. The van der Waals surface area contributed by atoms with Gasteiger partial charge in [-0.1, -0.05) is 53.5 Å². The predicted octanol–water partition coefficient (Wildman–Crippen LogP) is 6.76. The molecule has 1 amide bonds. The summed E-state index contributed by atoms with van der Waals surface area (Å²) >= 11 is 13.7. The fraction of sp³-hybridized carbons (Fsp3) is 0.276. The summed E-state index contributed by atoms with van der Waals surface area (Å²) in [5.74, 6) is 0.187. The highest BCUT2D eigenvalue weighted by Crippen LogP contribution is 2.32. The van der Waals surface area contributed by atoms with Crippen LogP contribution in [-0.4, -0.2) is 52.2 Å². The Morgan fingerprint density at radius 1 is 0.951 bits per heavy atom. The molecule has 0 unspecified atom stereocenters. The van der Waals surface area contributed by atoms with Crippen LogP contribution in [0.4, 0.5) is 5.69 Å². The van der Waals surface area contributed by atoms with Crippen LogP contribution in [0, 0.1) is 13.8 Å². The molecule has 0 aliphatic carbocycles. The summed E-state index contributed by atoms with van der Waals surface area (Å²) < 4.78 is 30.3. The molecule has 214 valence electrons. The fourth-order valence-electron chi connectivity index (χ4n) is 4.61. The average Bonchev–Trinajstić information content (AvgIpc) is 3.39. The lowest BCUT2D eigenvalue weighted by atomic mass is 10.2. The van der Waals surface area contributed by atoms with Crippen molar-refractivity contribution in [1.29, 1.82) is 0 Å². The van der Waals surface area contributed by atoms with Gasteiger partial charge in [0, 0.05) is 28.7 Å². The summed E-state index contributed by atoms with van der Waals surface area (Å²) in [6.07, 6.45) is 2.67. The van der Waals surface area contributed by atoms with Gasteiger partial charge in [0.1, 0.15) is 4.90 Å². The van der Waals surface area contributed by atoms with Gasteiger partial charge in [0.05, 0.1) is 17.1 Å². The maximum Gasteiger partial charge on any atom is 0.245 e. The van der Waals surface area contributed by atoms with Gasteiger partial charge in [-0.05, 0) is 86.3 Å². The van der Waals surface area contributed by atoms with Gasteiger partial charge in [-0.15, -0.1) is 10.2 Å². The highest BCUT2D eigenvalue weighted by Gasteiger charge is 2.29. The van der Waals surface area contributed by atoms with Crippen LogP contribution in [0.15, 0.2) is 70.7 Å². The van der Waals surface area contributed by atoms with E-state index in [1.165, 1.54) is 16.1 Å². The van der Waals surface area contributed by atoms with Crippen molar-refractivity contribution in [2.45, 2.75) is 43.2 Å². The van der Waals surface area contributed by atoms with Crippen LogP contribution < -0.4 is 5.32 Å². The Bertz CT molecular complexity index is 1690. The van der Waals surface area contributed by atoms with Gasteiger partial charge in [0.15, 0.2) is 11.0 Å². The van der Waals surface area contributed by atoms with E-state index in [-0.39, 0.29) is 22.2 Å². The van der Waals surface area contributed by atoms with Crippen molar-refractivity contribution in [2.24, 2.45) is 0 Å². The number of aromatic nitrogens is 3. The Morgan fingerprint density at radius 3 is 2.39 bits per heavy atom. The van der Waals surface area contributed by atoms with Gasteiger partial charge in [0.25, 0.3) is 0 Å². The van der Waals surface area contributed by atoms with E-state index in [9.17, 15) is 13.2 Å². The third-order valence-corrected chi connectivity index (χ3v) is 10.4. The number of nitrogens with zero attached hydrogens (tertiary/aromatic N) is 4. The average molecular weight is 631 g/mol. The monoisotopic (exact) mass is 629 g/mol. The van der Waals surface area contributed by atoms with Crippen LogP contribution in [0.3, 0.4) is 0 Å². The summed E-state index contributed by atoms with van der Waals surface area (Å²) in [6, 6.07) is 17.9. The van der Waals surface area contributed by atoms with Crippen LogP contribution in [0.5, 0.6) is 0 Å². The number of carbonyl (C=O) groups is 1. The summed E-state index contributed by atoms with van der Waals surface area (Å²) in [6.45, 7) is 4.71. The van der Waals surface area contributed by atoms with E-state index in [0.717, 1.165) is 41.6 Å². The molecular weight excluding hydrogens is 601 g/mol. The van der Waals surface area contributed by atoms with Crippen LogP contribution >= 0.6 is 35.0 Å². The fourth-order valence-corrected chi connectivity index (χ4v) is 7.41. The van der Waals surface area contributed by atoms with Gasteiger partial charge in [0.2, 0.25) is 15.9 Å². The minimum Gasteiger partial charge on any atom is -0.324 e. The van der Waals surface area contributed by atoms with Gasteiger partial charge in [-0.2, -0.15) is 4.31 Å². The summed E-state index contributed by atoms with van der Waals surface area (Å²) in [7, 11) is -3.75. The molecule has 1 N–H and O–H groups in total. The molecule has 12 heteroatoms. The van der Waals surface area contributed by atoms with Crippen LogP contribution in [-0.2, 0) is 14.8 Å². The Kier molecular flexibility index (Phi) is 9.06. The number of hydrogen-bond acceptors (Lipinski definition) is 6. The number of nitrogens with one attached hydrogen (secondary N) is 1. The number of anilines is 1. The van der Waals surface area contributed by atoms with E-state index in [4.69, 9.17) is 23.2 Å². The molecule has 0 saturated carbocycles. The summed E-state index contributed by atoms with van der Waals surface area (Å²) in [5, 5.41) is 13.3. The van der Waals surface area contributed by atoms with Crippen molar-refractivity contribution >= 4 is 56.6 Å². The lowest BCUT2D eigenvalue weighted by molar-refractivity contribution is -0.113. The smallest absolute Gasteiger partial charge is 0.245 e. The standard InChI is InChI=1S/C29H29Cl2N5O3S2/c1-19-6-13-25(26(16-19)41(38,39)35-14-4-3-5-15-35)32-27(37)18-40-29-34-33-28(21-8-10-22(30)11-9-21)36(29)23-12-7-20(2)24(31)17-23/h6-13,16-17H,3-5,14-15,18H2,1-2H3,(H,32,37). The van der Waals surface area contributed by atoms with Crippen LogP contribution in [0.25, 0.3) is 17.1 Å². The molecule has 0 spiro atoms. The number of benzene rings is 3. The van der Waals surface area contributed by atoms with E-state index in [1.807, 2.05) is 48.7 Å². The SMILES string of the molecule is Cc1ccc(NC(=O)CSc2nnc(-c3ccc(Cl)cc3)n2-c2ccc(C)c(Cl)c2)c(S(=O)(=O)N2CCCCC2)c1. The highest BCUT2D eigenvalue weighted by molar-refractivity contribution is 7.99. The molecule has 4 aromatic rings. The van der Waals surface area contributed by atoms with Crippen LogP contribution in [0.1, 0.15) is 30.4 Å². The molecule has 5 rings (SSSR count). The number of amides is 1. The molecule has 1 aromatic heterocycles. The number of piperidine rings is 1. The summed E-state index contributed by atoms with van der Waals surface area (Å²) in [5.41, 5.74) is 3.53. The second-order valence-corrected chi connectivity index (χ2v) is 13.6. The number of thioether (sulfide) groups is 1. The Morgan fingerprint density at radius 2 is 1.68 bits per heavy atom. The first kappa shape index (κ1) is 29.6. The lowest BCUT2D eigenvalue weighted by Gasteiger charge is -2.27. The van der Waals surface area contributed by atoms with Crippen molar-refractivity contribution in [3.63, 3.8) is 0 Å². The molecule has 3 aromatic carbocycles. The number of halogens is 2. The van der Waals surface area contributed by atoms with E-state index >= 15 is 0 Å². The van der Waals surface area contributed by atoms with Crippen molar-refractivity contribution in [1.82, 2.24) is 19.1 Å². The minimum absolute atomic E-state index is 0.0184. The minimum atomic E-state index is -3.75. The molecule has 0 atom stereocenters. The molecule has 8 nitrogen and oxygen atoms in total. The number of carbonyl (C=O) groups excluding carboxylic acids is 1. The zero-order valence-electron chi connectivity index (χ0n) is 22.6. The first-order valence-corrected chi connectivity index (χ1v) is 16.3. The zero-order valence-corrected chi connectivity index (χ0v) is 25.7. The Labute approximate surface area is 254 Å². The molecule has 1 fully saturated rings. The highest BCUT2D eigenvalue weighted by atomic mass is 35.5. The zero-order chi connectivity index (χ0) is 29.1. The number of hydrogen-bond donors (Lipinski definition) is 1. The lowest BCUT2D eigenvalue weighted by Crippen LogP contribution is -2.36. The molecule has 41 heavy (non-hydrogen) atoms. The Hall–Kier alpha value is -2.89. The number of aryl methyl sites for hydroxylation is 2. The summed E-state index contributed by atoms with van der Waals surface area (Å²) in [4.78, 5) is 13.3. The van der Waals surface area contributed by atoms with Gasteiger partial charge in [-0.3, -0.25) is 9.36 Å². The third-order valence-electron chi connectivity index (χ3n) is 6.83. The molecule has 2 heterocycles. The Balaban J connectivity index is 1.40. The van der Waals surface area contributed by atoms with Crippen molar-refractivity contribution < 1.29 is 13.2 Å². The van der Waals surface area contributed by atoms with E-state index in [0.29, 0.717) is 34.1 Å². The van der Waals surface area contributed by atoms with Crippen molar-refractivity contribution in [3.8, 4) is 17.1 Å². The second kappa shape index (κ2) is 12.5. The van der Waals surface area contributed by atoms with Crippen molar-refractivity contribution in [2.75, 3.05) is 24.2 Å². The molecule has 1 saturated heterocycles. The van der Waals surface area contributed by atoms with E-state index in [2.05, 4.69) is 15.5 Å². The molecular formula is C29H29Cl2N5O3S2. The molecule has 0 bridgehead atoms.